The summed E-state index contributed by atoms with van der Waals surface area (Å²) in [5.41, 5.74) is -0.0358. The van der Waals surface area contributed by atoms with Gasteiger partial charge in [0.2, 0.25) is 0 Å². The third-order valence-electron chi connectivity index (χ3n) is 3.61. The average molecular weight is 278 g/mol. The highest BCUT2D eigenvalue weighted by Crippen LogP contribution is 2.05. The first kappa shape index (κ1) is 14.6. The molecule has 0 radical (unpaired) electrons. The molecule has 0 aliphatic carbocycles. The van der Waals surface area contributed by atoms with E-state index in [1.54, 1.807) is 17.9 Å². The van der Waals surface area contributed by atoms with Gasteiger partial charge in [-0.05, 0) is 13.3 Å². The minimum atomic E-state index is -0.277. The molecule has 0 spiro atoms. The van der Waals surface area contributed by atoms with Gasteiger partial charge in [-0.2, -0.15) is 5.10 Å². The van der Waals surface area contributed by atoms with Gasteiger partial charge in [-0.3, -0.25) is 18.6 Å². The van der Waals surface area contributed by atoms with Crippen molar-refractivity contribution in [2.45, 2.75) is 52.6 Å². The fraction of sp³-hybridized carbons (Fsp3) is 0.643. The van der Waals surface area contributed by atoms with E-state index < -0.39 is 0 Å². The Kier molecular flexibility index (Phi) is 4.42. The molecule has 0 aliphatic rings. The van der Waals surface area contributed by atoms with Gasteiger partial charge >= 0.3 is 5.69 Å². The average Bonchev–Trinajstić information content (AvgIpc) is 2.89. The molecule has 0 fully saturated rings. The van der Waals surface area contributed by atoms with Crippen LogP contribution in [0.4, 0.5) is 0 Å². The highest BCUT2D eigenvalue weighted by atomic mass is 16.2. The molecule has 20 heavy (non-hydrogen) atoms. The van der Waals surface area contributed by atoms with Crippen molar-refractivity contribution in [1.82, 2.24) is 18.9 Å². The van der Waals surface area contributed by atoms with Gasteiger partial charge in [-0.25, -0.2) is 4.79 Å². The first-order valence-corrected chi connectivity index (χ1v) is 7.27. The van der Waals surface area contributed by atoms with Gasteiger partial charge in [0, 0.05) is 26.3 Å². The highest BCUT2D eigenvalue weighted by Gasteiger charge is 2.13. The number of unbranched alkanes of at least 4 members (excludes halogenated alkanes) is 3. The molecule has 0 aliphatic heterocycles. The van der Waals surface area contributed by atoms with Crippen LogP contribution in [0, 0.1) is 0 Å². The fourth-order valence-corrected chi connectivity index (χ4v) is 2.37. The normalized spacial score (nSPS) is 11.3. The maximum atomic E-state index is 12.4. The van der Waals surface area contributed by atoms with Gasteiger partial charge in [-0.1, -0.05) is 26.2 Å². The zero-order valence-electron chi connectivity index (χ0n) is 12.4. The predicted octanol–water partition coefficient (Wildman–Crippen LogP) is 1.50. The van der Waals surface area contributed by atoms with Gasteiger partial charge in [0.05, 0.1) is 0 Å². The standard InChI is InChI=1S/C14H22N4O2/c1-4-6-7-8-9-18-13(19)11-10-17(5-2)15-12(11)16(3)14(18)20/h10H,4-9H2,1-3H3. The summed E-state index contributed by atoms with van der Waals surface area (Å²) in [6, 6.07) is 0. The molecule has 0 amide bonds. The second-order valence-corrected chi connectivity index (χ2v) is 5.08. The molecule has 0 N–H and O–H groups in total. The molecule has 0 bridgehead atoms. The number of hydrogen-bond acceptors (Lipinski definition) is 3. The van der Waals surface area contributed by atoms with E-state index in [9.17, 15) is 9.59 Å². The van der Waals surface area contributed by atoms with Crippen molar-refractivity contribution in [2.75, 3.05) is 0 Å². The summed E-state index contributed by atoms with van der Waals surface area (Å²) < 4.78 is 4.48. The Morgan fingerprint density at radius 3 is 2.55 bits per heavy atom. The van der Waals surface area contributed by atoms with Gasteiger partial charge in [0.15, 0.2) is 5.65 Å². The zero-order valence-corrected chi connectivity index (χ0v) is 12.4. The first-order valence-electron chi connectivity index (χ1n) is 7.27. The number of aryl methyl sites for hydroxylation is 2. The minimum absolute atomic E-state index is 0.223. The van der Waals surface area contributed by atoms with Crippen molar-refractivity contribution < 1.29 is 0 Å². The molecular formula is C14H22N4O2. The zero-order chi connectivity index (χ0) is 14.7. The predicted molar refractivity (Wildman–Crippen MR) is 79.1 cm³/mol. The molecule has 6 heteroatoms. The molecule has 0 aromatic carbocycles. The molecule has 2 rings (SSSR count). The lowest BCUT2D eigenvalue weighted by molar-refractivity contribution is 0.539. The van der Waals surface area contributed by atoms with Crippen LogP contribution in [0.1, 0.15) is 39.5 Å². The summed E-state index contributed by atoms with van der Waals surface area (Å²) in [5, 5.41) is 4.79. The largest absolute Gasteiger partial charge is 0.332 e. The van der Waals surface area contributed by atoms with Crippen LogP contribution in [0.25, 0.3) is 11.0 Å². The molecule has 0 unspecified atom stereocenters. The lowest BCUT2D eigenvalue weighted by atomic mass is 10.2. The Labute approximate surface area is 117 Å². The van der Waals surface area contributed by atoms with Crippen LogP contribution >= 0.6 is 0 Å². The van der Waals surface area contributed by atoms with Crippen molar-refractivity contribution >= 4 is 11.0 Å². The Morgan fingerprint density at radius 1 is 1.15 bits per heavy atom. The summed E-state index contributed by atoms with van der Waals surface area (Å²) in [4.78, 5) is 24.6. The lowest BCUT2D eigenvalue weighted by Crippen LogP contribution is -2.38. The molecule has 0 atom stereocenters. The van der Waals surface area contributed by atoms with Crippen molar-refractivity contribution in [2.24, 2.45) is 7.05 Å². The van der Waals surface area contributed by atoms with E-state index in [1.165, 1.54) is 9.13 Å². The van der Waals surface area contributed by atoms with E-state index in [0.29, 0.717) is 24.1 Å². The molecule has 110 valence electrons. The molecule has 2 heterocycles. The van der Waals surface area contributed by atoms with Crippen LogP contribution in [0.3, 0.4) is 0 Å². The van der Waals surface area contributed by atoms with Crippen LogP contribution in [-0.2, 0) is 20.1 Å². The van der Waals surface area contributed by atoms with Crippen molar-refractivity contribution in [1.29, 1.82) is 0 Å². The molecule has 6 nitrogen and oxygen atoms in total. The van der Waals surface area contributed by atoms with Crippen molar-refractivity contribution in [3.63, 3.8) is 0 Å². The van der Waals surface area contributed by atoms with E-state index in [4.69, 9.17) is 0 Å². The molecule has 2 aromatic rings. The van der Waals surface area contributed by atoms with Crippen molar-refractivity contribution in [3.8, 4) is 0 Å². The van der Waals surface area contributed by atoms with Gasteiger partial charge in [0.1, 0.15) is 5.39 Å². The number of fused-ring (bicyclic) bond motifs is 1. The summed E-state index contributed by atoms with van der Waals surface area (Å²) in [7, 11) is 1.67. The third kappa shape index (κ3) is 2.55. The number of aromatic nitrogens is 4. The van der Waals surface area contributed by atoms with Gasteiger partial charge in [0.25, 0.3) is 5.56 Å². The Hall–Kier alpha value is -1.85. The topological polar surface area (TPSA) is 61.8 Å². The number of rotatable bonds is 6. The molecule has 2 aromatic heterocycles. The Balaban J connectivity index is 2.44. The second-order valence-electron chi connectivity index (χ2n) is 5.08. The van der Waals surface area contributed by atoms with Gasteiger partial charge < -0.3 is 0 Å². The lowest BCUT2D eigenvalue weighted by Gasteiger charge is -2.07. The van der Waals surface area contributed by atoms with Gasteiger partial charge in [-0.15, -0.1) is 0 Å². The number of nitrogens with zero attached hydrogens (tertiary/aromatic N) is 4. The number of hydrogen-bond donors (Lipinski definition) is 0. The summed E-state index contributed by atoms with van der Waals surface area (Å²) in [6.07, 6.45) is 5.88. The molecule has 0 saturated heterocycles. The quantitative estimate of drug-likeness (QED) is 0.752. The molecule has 0 saturated carbocycles. The van der Waals surface area contributed by atoms with Crippen molar-refractivity contribution in [3.05, 3.63) is 27.0 Å². The van der Waals surface area contributed by atoms with E-state index in [1.807, 2.05) is 6.92 Å². The monoisotopic (exact) mass is 278 g/mol. The fourth-order valence-electron chi connectivity index (χ4n) is 2.37. The summed E-state index contributed by atoms with van der Waals surface area (Å²) >= 11 is 0. The Bertz CT molecular complexity index is 708. The van der Waals surface area contributed by atoms with E-state index in [-0.39, 0.29) is 11.2 Å². The molecular weight excluding hydrogens is 256 g/mol. The first-order chi connectivity index (χ1) is 9.60. The van der Waals surface area contributed by atoms with Crippen LogP contribution in [0.2, 0.25) is 0 Å². The SMILES string of the molecule is CCCCCCn1c(=O)c2cn(CC)nc2n(C)c1=O. The summed E-state index contributed by atoms with van der Waals surface area (Å²) in [6.45, 7) is 5.25. The van der Waals surface area contributed by atoms with E-state index in [0.717, 1.165) is 25.7 Å². The smallest absolute Gasteiger partial charge is 0.279 e. The van der Waals surface area contributed by atoms with Crippen LogP contribution in [0.15, 0.2) is 15.8 Å². The van der Waals surface area contributed by atoms with E-state index in [2.05, 4.69) is 12.0 Å². The van der Waals surface area contributed by atoms with Crippen LogP contribution < -0.4 is 11.2 Å². The summed E-state index contributed by atoms with van der Waals surface area (Å²) in [5.74, 6) is 0. The third-order valence-corrected chi connectivity index (χ3v) is 3.61. The highest BCUT2D eigenvalue weighted by molar-refractivity contribution is 5.72. The van der Waals surface area contributed by atoms with Crippen LogP contribution in [0.5, 0.6) is 0 Å². The maximum absolute atomic E-state index is 12.4. The maximum Gasteiger partial charge on any atom is 0.332 e. The second kappa shape index (κ2) is 6.07. The van der Waals surface area contributed by atoms with Crippen LogP contribution in [-0.4, -0.2) is 18.9 Å². The van der Waals surface area contributed by atoms with E-state index >= 15 is 0 Å². The Morgan fingerprint density at radius 2 is 1.90 bits per heavy atom. The minimum Gasteiger partial charge on any atom is -0.279 e.